The fourth-order valence-corrected chi connectivity index (χ4v) is 2.72. The molecular formula is C13H25N3O2. The van der Waals surface area contributed by atoms with Crippen LogP contribution in [0.25, 0.3) is 0 Å². The van der Waals surface area contributed by atoms with Gasteiger partial charge < -0.3 is 19.9 Å². The average molecular weight is 255 g/mol. The minimum Gasteiger partial charge on any atom is -0.373 e. The molecule has 0 aliphatic carbocycles. The van der Waals surface area contributed by atoms with Gasteiger partial charge in [-0.05, 0) is 33.0 Å². The normalized spacial score (nSPS) is 25.6. The average Bonchev–Trinajstić information content (AvgIpc) is 2.90. The fraction of sp³-hybridized carbons (Fsp3) is 0.923. The van der Waals surface area contributed by atoms with Crippen molar-refractivity contribution in [2.24, 2.45) is 0 Å². The standard InChI is InChI=1S/C13H25N3O2/c1-14-10-12-11-16(8-9-18-12)13(17)4-7-15-5-2-3-6-15/h12,14H,2-11H2,1H3. The Morgan fingerprint density at radius 2 is 2.11 bits per heavy atom. The highest BCUT2D eigenvalue weighted by atomic mass is 16.5. The number of carbonyl (C=O) groups is 1. The monoisotopic (exact) mass is 255 g/mol. The Morgan fingerprint density at radius 1 is 1.33 bits per heavy atom. The van der Waals surface area contributed by atoms with Gasteiger partial charge in [0.2, 0.25) is 5.91 Å². The molecule has 2 aliphatic heterocycles. The van der Waals surface area contributed by atoms with Gasteiger partial charge in [0.25, 0.3) is 0 Å². The second kappa shape index (κ2) is 7.07. The Balaban J connectivity index is 1.70. The molecule has 5 nitrogen and oxygen atoms in total. The van der Waals surface area contributed by atoms with Crippen LogP contribution in [0.1, 0.15) is 19.3 Å². The topological polar surface area (TPSA) is 44.8 Å². The van der Waals surface area contributed by atoms with Crippen LogP contribution in [0.5, 0.6) is 0 Å². The molecule has 104 valence electrons. The number of nitrogens with one attached hydrogen (secondary N) is 1. The summed E-state index contributed by atoms with van der Waals surface area (Å²) in [7, 11) is 1.91. The van der Waals surface area contributed by atoms with Crippen LogP contribution in [0.2, 0.25) is 0 Å². The minimum absolute atomic E-state index is 0.152. The zero-order chi connectivity index (χ0) is 12.8. The minimum atomic E-state index is 0.152. The summed E-state index contributed by atoms with van der Waals surface area (Å²) in [5.74, 6) is 0.284. The Hall–Kier alpha value is -0.650. The van der Waals surface area contributed by atoms with Gasteiger partial charge in [-0.2, -0.15) is 0 Å². The van der Waals surface area contributed by atoms with E-state index in [9.17, 15) is 4.79 Å². The molecule has 2 saturated heterocycles. The van der Waals surface area contributed by atoms with Crippen molar-refractivity contribution in [1.29, 1.82) is 0 Å². The molecular weight excluding hydrogens is 230 g/mol. The molecule has 2 heterocycles. The van der Waals surface area contributed by atoms with Gasteiger partial charge in [0.1, 0.15) is 0 Å². The van der Waals surface area contributed by atoms with E-state index in [0.29, 0.717) is 13.0 Å². The van der Waals surface area contributed by atoms with Crippen molar-refractivity contribution in [3.8, 4) is 0 Å². The molecule has 0 spiro atoms. The molecule has 18 heavy (non-hydrogen) atoms. The smallest absolute Gasteiger partial charge is 0.224 e. The van der Waals surface area contributed by atoms with Crippen molar-refractivity contribution in [2.45, 2.75) is 25.4 Å². The fourth-order valence-electron chi connectivity index (χ4n) is 2.72. The first-order chi connectivity index (χ1) is 8.79. The number of hydrogen-bond acceptors (Lipinski definition) is 4. The summed E-state index contributed by atoms with van der Waals surface area (Å²) in [6, 6.07) is 0. The third-order valence-corrected chi connectivity index (χ3v) is 3.76. The van der Waals surface area contributed by atoms with Crippen molar-refractivity contribution in [3.05, 3.63) is 0 Å². The number of likely N-dealkylation sites (N-methyl/N-ethyl adjacent to an activating group) is 1. The van der Waals surface area contributed by atoms with Gasteiger partial charge in [0, 0.05) is 32.6 Å². The number of amides is 1. The zero-order valence-electron chi connectivity index (χ0n) is 11.4. The number of carbonyl (C=O) groups excluding carboxylic acids is 1. The van der Waals surface area contributed by atoms with Crippen LogP contribution in [0, 0.1) is 0 Å². The first-order valence-corrected chi connectivity index (χ1v) is 7.06. The summed E-state index contributed by atoms with van der Waals surface area (Å²) < 4.78 is 5.61. The molecule has 0 radical (unpaired) electrons. The lowest BCUT2D eigenvalue weighted by atomic mass is 10.2. The Kier molecular flexibility index (Phi) is 5.41. The Bertz CT molecular complexity index is 265. The number of hydrogen-bond donors (Lipinski definition) is 1. The lowest BCUT2D eigenvalue weighted by molar-refractivity contribution is -0.138. The molecule has 0 aromatic rings. The van der Waals surface area contributed by atoms with Crippen LogP contribution in [0.4, 0.5) is 0 Å². The predicted molar refractivity (Wildman–Crippen MR) is 70.5 cm³/mol. The summed E-state index contributed by atoms with van der Waals surface area (Å²) in [4.78, 5) is 16.5. The SMILES string of the molecule is CNCC1CN(C(=O)CCN2CCCC2)CCO1. The molecule has 2 fully saturated rings. The predicted octanol–water partition coefficient (Wildman–Crippen LogP) is -0.0809. The lowest BCUT2D eigenvalue weighted by Crippen LogP contribution is -2.49. The molecule has 1 N–H and O–H groups in total. The molecule has 2 aliphatic rings. The number of ether oxygens (including phenoxy) is 1. The van der Waals surface area contributed by atoms with Crippen molar-refractivity contribution in [2.75, 3.05) is 52.9 Å². The van der Waals surface area contributed by atoms with E-state index in [1.807, 2.05) is 11.9 Å². The maximum Gasteiger partial charge on any atom is 0.224 e. The summed E-state index contributed by atoms with van der Waals surface area (Å²) >= 11 is 0. The summed E-state index contributed by atoms with van der Waals surface area (Å²) in [6.07, 6.45) is 3.39. The summed E-state index contributed by atoms with van der Waals surface area (Å²) in [6.45, 7) is 6.22. The van der Waals surface area contributed by atoms with Gasteiger partial charge >= 0.3 is 0 Å². The van der Waals surface area contributed by atoms with E-state index in [1.165, 1.54) is 25.9 Å². The van der Waals surface area contributed by atoms with E-state index >= 15 is 0 Å². The van der Waals surface area contributed by atoms with Gasteiger partial charge in [-0.15, -0.1) is 0 Å². The van der Waals surface area contributed by atoms with Crippen molar-refractivity contribution < 1.29 is 9.53 Å². The molecule has 0 aromatic heterocycles. The number of likely N-dealkylation sites (tertiary alicyclic amines) is 1. The maximum atomic E-state index is 12.1. The van der Waals surface area contributed by atoms with Gasteiger partial charge in [-0.25, -0.2) is 0 Å². The number of morpholine rings is 1. The maximum absolute atomic E-state index is 12.1. The second-order valence-electron chi connectivity index (χ2n) is 5.19. The second-order valence-corrected chi connectivity index (χ2v) is 5.19. The van der Waals surface area contributed by atoms with Crippen LogP contribution in [0.15, 0.2) is 0 Å². The van der Waals surface area contributed by atoms with Crippen molar-refractivity contribution in [3.63, 3.8) is 0 Å². The van der Waals surface area contributed by atoms with E-state index in [0.717, 1.165) is 26.2 Å². The first-order valence-electron chi connectivity index (χ1n) is 7.06. The first kappa shape index (κ1) is 13.8. The molecule has 0 saturated carbocycles. The van der Waals surface area contributed by atoms with Crippen LogP contribution in [-0.4, -0.2) is 74.7 Å². The quantitative estimate of drug-likeness (QED) is 0.746. The van der Waals surface area contributed by atoms with Crippen LogP contribution in [0.3, 0.4) is 0 Å². The van der Waals surface area contributed by atoms with E-state index in [1.54, 1.807) is 0 Å². The third kappa shape index (κ3) is 3.93. The molecule has 0 aromatic carbocycles. The van der Waals surface area contributed by atoms with E-state index in [2.05, 4.69) is 10.2 Å². The van der Waals surface area contributed by atoms with Gasteiger partial charge in [0.05, 0.1) is 12.7 Å². The Labute approximate surface area is 109 Å². The van der Waals surface area contributed by atoms with Crippen molar-refractivity contribution >= 4 is 5.91 Å². The molecule has 0 bridgehead atoms. The number of nitrogens with zero attached hydrogens (tertiary/aromatic N) is 2. The van der Waals surface area contributed by atoms with Crippen molar-refractivity contribution in [1.82, 2.24) is 15.1 Å². The van der Waals surface area contributed by atoms with Crippen LogP contribution < -0.4 is 5.32 Å². The highest BCUT2D eigenvalue weighted by Crippen LogP contribution is 2.10. The molecule has 5 heteroatoms. The van der Waals surface area contributed by atoms with Crippen LogP contribution >= 0.6 is 0 Å². The van der Waals surface area contributed by atoms with Gasteiger partial charge in [0.15, 0.2) is 0 Å². The molecule has 1 amide bonds. The Morgan fingerprint density at radius 3 is 2.83 bits per heavy atom. The zero-order valence-corrected chi connectivity index (χ0v) is 11.4. The summed E-state index contributed by atoms with van der Waals surface area (Å²) in [5.41, 5.74) is 0. The highest BCUT2D eigenvalue weighted by Gasteiger charge is 2.24. The van der Waals surface area contributed by atoms with Gasteiger partial charge in [-0.1, -0.05) is 0 Å². The largest absolute Gasteiger partial charge is 0.373 e. The molecule has 1 atom stereocenters. The van der Waals surface area contributed by atoms with Gasteiger partial charge in [-0.3, -0.25) is 4.79 Å². The molecule has 1 unspecified atom stereocenters. The lowest BCUT2D eigenvalue weighted by Gasteiger charge is -2.33. The summed E-state index contributed by atoms with van der Waals surface area (Å²) in [5, 5.41) is 3.10. The third-order valence-electron chi connectivity index (χ3n) is 3.76. The highest BCUT2D eigenvalue weighted by molar-refractivity contribution is 5.76. The van der Waals surface area contributed by atoms with E-state index < -0.39 is 0 Å². The van der Waals surface area contributed by atoms with E-state index in [-0.39, 0.29) is 12.0 Å². The molecule has 2 rings (SSSR count). The van der Waals surface area contributed by atoms with E-state index in [4.69, 9.17) is 4.74 Å². The number of rotatable bonds is 5. The van der Waals surface area contributed by atoms with Crippen LogP contribution in [-0.2, 0) is 9.53 Å².